The molecule has 2 nitrogen and oxygen atoms in total. The van der Waals surface area contributed by atoms with E-state index in [0.29, 0.717) is 6.04 Å². The zero-order chi connectivity index (χ0) is 11.9. The monoisotopic (exact) mass is 246 g/mol. The average molecular weight is 246 g/mol. The predicted molar refractivity (Wildman–Crippen MR) is 72.8 cm³/mol. The molecule has 1 aromatic rings. The van der Waals surface area contributed by atoms with Crippen LogP contribution in [0.25, 0.3) is 0 Å². The molecule has 1 fully saturated rings. The summed E-state index contributed by atoms with van der Waals surface area (Å²) in [5, 5.41) is 12.4. The van der Waals surface area contributed by atoms with Crippen LogP contribution in [0.15, 0.2) is 30.3 Å². The van der Waals surface area contributed by atoms with Crippen LogP contribution >= 0.6 is 11.8 Å². The molecule has 90 valence electrons. The summed E-state index contributed by atoms with van der Waals surface area (Å²) in [6.07, 6.45) is 3.44. The molecule has 1 atom stereocenters. The van der Waals surface area contributed by atoms with Crippen molar-refractivity contribution in [2.75, 3.05) is 5.75 Å². The molecule has 0 radical (unpaired) electrons. The first-order chi connectivity index (χ1) is 8.38. The van der Waals surface area contributed by atoms with Crippen molar-refractivity contribution in [1.29, 1.82) is 5.26 Å². The van der Waals surface area contributed by atoms with Crippen molar-refractivity contribution in [2.45, 2.75) is 37.1 Å². The van der Waals surface area contributed by atoms with E-state index in [1.807, 2.05) is 17.8 Å². The number of nitrogens with zero attached hydrogens (tertiary/aromatic N) is 1. The van der Waals surface area contributed by atoms with Gasteiger partial charge in [-0.05, 0) is 30.6 Å². The highest BCUT2D eigenvalue weighted by molar-refractivity contribution is 7.98. The Labute approximate surface area is 107 Å². The minimum absolute atomic E-state index is 0.0470. The third kappa shape index (κ3) is 4.80. The van der Waals surface area contributed by atoms with Crippen molar-refractivity contribution >= 4 is 11.8 Å². The van der Waals surface area contributed by atoms with E-state index in [1.165, 1.54) is 18.4 Å². The predicted octanol–water partition coefficient (Wildman–Crippen LogP) is 2.95. The van der Waals surface area contributed by atoms with Gasteiger partial charge < -0.3 is 0 Å². The van der Waals surface area contributed by atoms with Crippen molar-refractivity contribution in [2.24, 2.45) is 0 Å². The van der Waals surface area contributed by atoms with Gasteiger partial charge in [-0.2, -0.15) is 17.0 Å². The quantitative estimate of drug-likeness (QED) is 0.751. The second-order valence-electron chi connectivity index (χ2n) is 4.45. The fourth-order valence-corrected chi connectivity index (χ4v) is 2.66. The Morgan fingerprint density at radius 3 is 2.76 bits per heavy atom. The first kappa shape index (κ1) is 12.5. The number of thioether (sulfide) groups is 1. The van der Waals surface area contributed by atoms with Crippen molar-refractivity contribution < 1.29 is 0 Å². The lowest BCUT2D eigenvalue weighted by Gasteiger charge is -2.09. The number of nitriles is 1. The summed E-state index contributed by atoms with van der Waals surface area (Å²) in [5.41, 5.74) is 1.36. The van der Waals surface area contributed by atoms with Crippen LogP contribution in [0.3, 0.4) is 0 Å². The normalized spacial score (nSPS) is 16.4. The smallest absolute Gasteiger partial charge is 0.0963 e. The zero-order valence-electron chi connectivity index (χ0n) is 9.93. The van der Waals surface area contributed by atoms with Gasteiger partial charge in [-0.25, -0.2) is 0 Å². The Bertz CT molecular complexity index is 368. The second-order valence-corrected chi connectivity index (χ2v) is 5.55. The lowest BCUT2D eigenvalue weighted by Crippen LogP contribution is -2.29. The van der Waals surface area contributed by atoms with Gasteiger partial charge in [0.15, 0.2) is 0 Å². The molecule has 1 aromatic carbocycles. The first-order valence-corrected chi connectivity index (χ1v) is 7.31. The van der Waals surface area contributed by atoms with E-state index >= 15 is 0 Å². The topological polar surface area (TPSA) is 35.8 Å². The molecule has 0 aliphatic heterocycles. The Hall–Kier alpha value is -0.980. The largest absolute Gasteiger partial charge is 0.299 e. The van der Waals surface area contributed by atoms with Crippen LogP contribution in [0.1, 0.15) is 24.8 Å². The maximum Gasteiger partial charge on any atom is 0.0963 e. The summed E-state index contributed by atoms with van der Waals surface area (Å²) in [5.74, 6) is 2.09. The van der Waals surface area contributed by atoms with Gasteiger partial charge in [0.2, 0.25) is 0 Å². The van der Waals surface area contributed by atoms with E-state index in [4.69, 9.17) is 5.26 Å². The van der Waals surface area contributed by atoms with Gasteiger partial charge in [-0.15, -0.1) is 0 Å². The molecule has 1 unspecified atom stereocenters. The Kier molecular flexibility index (Phi) is 4.90. The van der Waals surface area contributed by atoms with Gasteiger partial charge in [-0.1, -0.05) is 30.3 Å². The molecule has 0 amide bonds. The van der Waals surface area contributed by atoms with E-state index in [2.05, 4.69) is 35.7 Å². The number of nitrogens with one attached hydrogen (secondary N) is 1. The van der Waals surface area contributed by atoms with E-state index in [9.17, 15) is 0 Å². The molecule has 1 N–H and O–H groups in total. The van der Waals surface area contributed by atoms with Crippen molar-refractivity contribution in [3.63, 3.8) is 0 Å². The molecule has 3 heteroatoms. The van der Waals surface area contributed by atoms with Crippen LogP contribution < -0.4 is 5.32 Å². The molecular weight excluding hydrogens is 228 g/mol. The van der Waals surface area contributed by atoms with Crippen molar-refractivity contribution in [3.05, 3.63) is 35.9 Å². The summed E-state index contributed by atoms with van der Waals surface area (Å²) < 4.78 is 0. The molecule has 0 saturated heterocycles. The van der Waals surface area contributed by atoms with E-state index in [-0.39, 0.29) is 6.04 Å². The highest BCUT2D eigenvalue weighted by atomic mass is 32.2. The summed E-state index contributed by atoms with van der Waals surface area (Å²) in [6, 6.07) is 13.5. The minimum Gasteiger partial charge on any atom is -0.299 e. The number of hydrogen-bond acceptors (Lipinski definition) is 3. The van der Waals surface area contributed by atoms with Gasteiger partial charge in [0.05, 0.1) is 12.1 Å². The fraction of sp³-hybridized carbons (Fsp3) is 0.500. The maximum absolute atomic E-state index is 9.00. The number of hydrogen-bond donors (Lipinski definition) is 1. The van der Waals surface area contributed by atoms with Crippen LogP contribution in [0, 0.1) is 11.3 Å². The lowest BCUT2D eigenvalue weighted by atomic mass is 10.2. The molecule has 0 heterocycles. The number of benzene rings is 1. The Morgan fingerprint density at radius 1 is 1.35 bits per heavy atom. The Balaban J connectivity index is 1.60. The SMILES string of the molecule is N#CC(CCSCc1ccccc1)NC1CC1. The second kappa shape index (κ2) is 6.68. The maximum atomic E-state index is 9.00. The number of rotatable bonds is 7. The molecular formula is C14H18N2S. The van der Waals surface area contributed by atoms with Crippen LogP contribution in [-0.2, 0) is 5.75 Å². The molecule has 0 bridgehead atoms. The molecule has 0 aromatic heterocycles. The molecule has 1 aliphatic rings. The molecule has 17 heavy (non-hydrogen) atoms. The third-order valence-corrected chi connectivity index (χ3v) is 3.89. The highest BCUT2D eigenvalue weighted by Crippen LogP contribution is 2.20. The van der Waals surface area contributed by atoms with Gasteiger partial charge in [0, 0.05) is 11.8 Å². The summed E-state index contributed by atoms with van der Waals surface area (Å²) in [7, 11) is 0. The molecule has 0 spiro atoms. The van der Waals surface area contributed by atoms with Gasteiger partial charge >= 0.3 is 0 Å². The van der Waals surface area contributed by atoms with Crippen molar-refractivity contribution in [3.8, 4) is 6.07 Å². The van der Waals surface area contributed by atoms with E-state index < -0.39 is 0 Å². The van der Waals surface area contributed by atoms with Crippen LogP contribution in [0.4, 0.5) is 0 Å². The average Bonchev–Trinajstić information content (AvgIpc) is 3.18. The van der Waals surface area contributed by atoms with Gasteiger partial charge in [0.1, 0.15) is 0 Å². The van der Waals surface area contributed by atoms with Crippen molar-refractivity contribution in [1.82, 2.24) is 5.32 Å². The minimum atomic E-state index is 0.0470. The molecule has 2 rings (SSSR count). The summed E-state index contributed by atoms with van der Waals surface area (Å²) >= 11 is 1.91. The zero-order valence-corrected chi connectivity index (χ0v) is 10.7. The van der Waals surface area contributed by atoms with E-state index in [0.717, 1.165) is 17.9 Å². The van der Waals surface area contributed by atoms with Crippen LogP contribution in [0.2, 0.25) is 0 Å². The molecule has 1 aliphatic carbocycles. The fourth-order valence-electron chi connectivity index (χ4n) is 1.69. The lowest BCUT2D eigenvalue weighted by molar-refractivity contribution is 0.587. The third-order valence-electron chi connectivity index (χ3n) is 2.83. The standard InChI is InChI=1S/C14H18N2S/c15-10-14(16-13-6-7-13)8-9-17-11-12-4-2-1-3-5-12/h1-5,13-14,16H,6-9,11H2. The summed E-state index contributed by atoms with van der Waals surface area (Å²) in [6.45, 7) is 0. The summed E-state index contributed by atoms with van der Waals surface area (Å²) in [4.78, 5) is 0. The van der Waals surface area contributed by atoms with Gasteiger partial charge in [0.25, 0.3) is 0 Å². The Morgan fingerprint density at radius 2 is 2.12 bits per heavy atom. The van der Waals surface area contributed by atoms with Crippen LogP contribution in [-0.4, -0.2) is 17.8 Å². The highest BCUT2D eigenvalue weighted by Gasteiger charge is 2.23. The molecule has 1 saturated carbocycles. The van der Waals surface area contributed by atoms with Gasteiger partial charge in [-0.3, -0.25) is 5.32 Å². The first-order valence-electron chi connectivity index (χ1n) is 6.16. The van der Waals surface area contributed by atoms with E-state index in [1.54, 1.807) is 0 Å². The van der Waals surface area contributed by atoms with Crippen LogP contribution in [0.5, 0.6) is 0 Å².